The maximum atomic E-state index is 10.8. The van der Waals surface area contributed by atoms with Gasteiger partial charge in [0.2, 0.25) is 0 Å². The van der Waals surface area contributed by atoms with Crippen LogP contribution in [0.4, 0.5) is 22.0 Å². The van der Waals surface area contributed by atoms with Crippen LogP contribution in [0.5, 0.6) is 5.75 Å². The highest BCUT2D eigenvalue weighted by atomic mass is 32.2. The number of hydrogen-bond acceptors (Lipinski definition) is 7. The quantitative estimate of drug-likeness (QED) is 0.341. The fraction of sp³-hybridized carbons (Fsp3) is 0.214. The molecule has 0 bridgehead atoms. The molecule has 0 amide bonds. The molecule has 2 rings (SSSR count). The van der Waals surface area contributed by atoms with Crippen molar-refractivity contribution in [2.45, 2.75) is 19.0 Å². The number of rotatable bonds is 4. The van der Waals surface area contributed by atoms with E-state index in [9.17, 15) is 4.79 Å². The van der Waals surface area contributed by atoms with Gasteiger partial charge in [-0.15, -0.1) is 0 Å². The minimum atomic E-state index is -1.43. The third kappa shape index (κ3) is 3.59. The van der Waals surface area contributed by atoms with Crippen LogP contribution in [0, 0.1) is 13.8 Å². The van der Waals surface area contributed by atoms with E-state index in [1.807, 2.05) is 32.2 Å². The summed E-state index contributed by atoms with van der Waals surface area (Å²) in [6.07, 6.45) is 1.70. The maximum Gasteiger partial charge on any atom is 0.511 e. The van der Waals surface area contributed by atoms with Crippen LogP contribution in [0.3, 0.4) is 0 Å². The van der Waals surface area contributed by atoms with Gasteiger partial charge in [0, 0.05) is 0 Å². The first-order chi connectivity index (χ1) is 10.4. The van der Waals surface area contributed by atoms with Gasteiger partial charge in [-0.2, -0.15) is 0 Å². The van der Waals surface area contributed by atoms with Crippen LogP contribution < -0.4 is 15.8 Å². The van der Waals surface area contributed by atoms with Crippen molar-refractivity contribution < 1.29 is 14.6 Å². The highest BCUT2D eigenvalue weighted by Crippen LogP contribution is 2.31. The van der Waals surface area contributed by atoms with Crippen molar-refractivity contribution in [3.05, 3.63) is 29.5 Å². The Balaban J connectivity index is 2.42. The Labute approximate surface area is 131 Å². The van der Waals surface area contributed by atoms with Crippen LogP contribution in [0.2, 0.25) is 0 Å². The molecule has 0 aliphatic heterocycles. The first kappa shape index (κ1) is 15.9. The topological polar surface area (TPSA) is 110 Å². The van der Waals surface area contributed by atoms with Crippen LogP contribution in [0.1, 0.15) is 11.1 Å². The van der Waals surface area contributed by atoms with Crippen molar-refractivity contribution in [3.63, 3.8) is 0 Å². The van der Waals surface area contributed by atoms with Crippen LogP contribution in [-0.4, -0.2) is 27.5 Å². The van der Waals surface area contributed by atoms with E-state index in [1.165, 1.54) is 18.0 Å². The first-order valence-electron chi connectivity index (χ1n) is 6.36. The van der Waals surface area contributed by atoms with Crippen molar-refractivity contribution in [2.24, 2.45) is 0 Å². The van der Waals surface area contributed by atoms with Crippen molar-refractivity contribution in [1.82, 2.24) is 9.97 Å². The highest BCUT2D eigenvalue weighted by Gasteiger charge is 2.13. The Morgan fingerprint density at radius 3 is 2.68 bits per heavy atom. The Bertz CT molecular complexity index is 721. The molecule has 7 nitrogen and oxygen atoms in total. The standard InChI is InChI=1S/C14H16N4O3S/c1-7-4-9(15)10(5-8(7)2)17-12-11(21-14(19)20)6-16-13(18-12)22-3/h4-6H,15H2,1-3H3,(H,19,20)(H,16,17,18). The zero-order valence-corrected chi connectivity index (χ0v) is 13.2. The summed E-state index contributed by atoms with van der Waals surface area (Å²) in [5, 5.41) is 12.3. The predicted octanol–water partition coefficient (Wildman–Crippen LogP) is 3.20. The number of nitrogen functional groups attached to an aromatic ring is 1. The lowest BCUT2D eigenvalue weighted by Gasteiger charge is -2.14. The summed E-state index contributed by atoms with van der Waals surface area (Å²) in [6, 6.07) is 3.71. The average molecular weight is 320 g/mol. The fourth-order valence-electron chi connectivity index (χ4n) is 1.79. The van der Waals surface area contributed by atoms with Gasteiger partial charge in [0.05, 0.1) is 17.6 Å². The number of ether oxygens (including phenoxy) is 1. The molecule has 1 aromatic heterocycles. The molecule has 22 heavy (non-hydrogen) atoms. The van der Waals surface area contributed by atoms with Crippen LogP contribution in [0.15, 0.2) is 23.5 Å². The van der Waals surface area contributed by atoms with Gasteiger partial charge in [0.25, 0.3) is 0 Å². The Kier molecular flexibility index (Phi) is 4.71. The molecule has 0 radical (unpaired) electrons. The molecule has 0 saturated carbocycles. The monoisotopic (exact) mass is 320 g/mol. The van der Waals surface area contributed by atoms with Gasteiger partial charge in [-0.1, -0.05) is 11.8 Å². The lowest BCUT2D eigenvalue weighted by molar-refractivity contribution is 0.144. The number of aromatic nitrogens is 2. The average Bonchev–Trinajstić information content (AvgIpc) is 2.46. The summed E-state index contributed by atoms with van der Waals surface area (Å²) in [5.74, 6) is 0.264. The summed E-state index contributed by atoms with van der Waals surface area (Å²) in [7, 11) is 0. The maximum absolute atomic E-state index is 10.8. The highest BCUT2D eigenvalue weighted by molar-refractivity contribution is 7.98. The smallest absolute Gasteiger partial charge is 0.449 e. The van der Waals surface area contributed by atoms with Gasteiger partial charge in [0.1, 0.15) is 0 Å². The zero-order valence-electron chi connectivity index (χ0n) is 12.4. The number of nitrogens with one attached hydrogen (secondary N) is 1. The van der Waals surface area contributed by atoms with Crippen molar-refractivity contribution in [3.8, 4) is 5.75 Å². The van der Waals surface area contributed by atoms with Gasteiger partial charge in [-0.3, -0.25) is 0 Å². The SMILES string of the molecule is CSc1ncc(OC(=O)O)c(Nc2cc(C)c(C)cc2N)n1. The summed E-state index contributed by atoms with van der Waals surface area (Å²) >= 11 is 1.33. The van der Waals surface area contributed by atoms with E-state index in [4.69, 9.17) is 10.8 Å². The van der Waals surface area contributed by atoms with E-state index < -0.39 is 6.16 Å². The molecule has 0 atom stereocenters. The molecule has 0 aliphatic rings. The van der Waals surface area contributed by atoms with Gasteiger partial charge >= 0.3 is 6.16 Å². The molecule has 0 unspecified atom stereocenters. The molecule has 8 heteroatoms. The number of anilines is 3. The Morgan fingerprint density at radius 1 is 1.36 bits per heavy atom. The molecule has 0 fully saturated rings. The predicted molar refractivity (Wildman–Crippen MR) is 86.1 cm³/mol. The Hall–Kier alpha value is -2.48. The molecule has 116 valence electrons. The molecule has 2 aromatic rings. The first-order valence-corrected chi connectivity index (χ1v) is 7.58. The Morgan fingerprint density at radius 2 is 2.05 bits per heavy atom. The summed E-state index contributed by atoms with van der Waals surface area (Å²) in [4.78, 5) is 19.0. The number of hydrogen-bond donors (Lipinski definition) is 3. The fourth-order valence-corrected chi connectivity index (χ4v) is 2.13. The van der Waals surface area contributed by atoms with E-state index in [0.717, 1.165) is 11.1 Å². The molecular weight excluding hydrogens is 304 g/mol. The van der Waals surface area contributed by atoms with Gasteiger partial charge in [-0.25, -0.2) is 14.8 Å². The number of nitrogens with zero attached hydrogens (tertiary/aromatic N) is 2. The van der Waals surface area contributed by atoms with Gasteiger partial charge in [-0.05, 0) is 43.4 Å². The number of benzene rings is 1. The largest absolute Gasteiger partial charge is 0.511 e. The molecule has 0 spiro atoms. The van der Waals surface area contributed by atoms with E-state index in [1.54, 1.807) is 0 Å². The lowest BCUT2D eigenvalue weighted by Crippen LogP contribution is -2.08. The second-order valence-corrected chi connectivity index (χ2v) is 5.36. The minimum absolute atomic E-state index is 0.0166. The zero-order chi connectivity index (χ0) is 16.3. The number of aryl methyl sites for hydroxylation is 2. The van der Waals surface area contributed by atoms with E-state index in [0.29, 0.717) is 16.5 Å². The van der Waals surface area contributed by atoms with Gasteiger partial charge < -0.3 is 20.9 Å². The van der Waals surface area contributed by atoms with E-state index >= 15 is 0 Å². The molecule has 1 heterocycles. The number of carbonyl (C=O) groups is 1. The van der Waals surface area contributed by atoms with Crippen LogP contribution >= 0.6 is 11.8 Å². The van der Waals surface area contributed by atoms with Crippen LogP contribution in [-0.2, 0) is 0 Å². The van der Waals surface area contributed by atoms with Crippen molar-refractivity contribution in [1.29, 1.82) is 0 Å². The van der Waals surface area contributed by atoms with Crippen molar-refractivity contribution in [2.75, 3.05) is 17.3 Å². The van der Waals surface area contributed by atoms with Crippen LogP contribution in [0.25, 0.3) is 0 Å². The second kappa shape index (κ2) is 6.52. The third-order valence-electron chi connectivity index (χ3n) is 3.03. The summed E-state index contributed by atoms with van der Waals surface area (Å²) in [5.41, 5.74) is 9.28. The summed E-state index contributed by atoms with van der Waals surface area (Å²) in [6.45, 7) is 3.92. The third-order valence-corrected chi connectivity index (χ3v) is 3.59. The molecule has 0 saturated heterocycles. The number of thioether (sulfide) groups is 1. The summed E-state index contributed by atoms with van der Waals surface area (Å²) < 4.78 is 4.69. The molecule has 1 aromatic carbocycles. The van der Waals surface area contributed by atoms with Gasteiger partial charge in [0.15, 0.2) is 16.7 Å². The van der Waals surface area contributed by atoms with E-state index in [2.05, 4.69) is 20.0 Å². The molecule has 4 N–H and O–H groups in total. The molecule has 0 aliphatic carbocycles. The minimum Gasteiger partial charge on any atom is -0.449 e. The lowest BCUT2D eigenvalue weighted by atomic mass is 10.1. The normalized spacial score (nSPS) is 10.3. The molecular formula is C14H16N4O3S. The van der Waals surface area contributed by atoms with E-state index in [-0.39, 0.29) is 11.6 Å². The number of carboxylic acid groups (broad SMARTS) is 1. The second-order valence-electron chi connectivity index (χ2n) is 4.59. The number of nitrogens with two attached hydrogens (primary N) is 1. The van der Waals surface area contributed by atoms with Crippen molar-refractivity contribution >= 4 is 35.1 Å².